The molecule has 0 radical (unpaired) electrons. The molecule has 0 saturated carbocycles. The third-order valence-corrected chi connectivity index (χ3v) is 4.29. The number of nitrogens with zero attached hydrogens (tertiary/aromatic N) is 1. The first-order chi connectivity index (χ1) is 9.88. The fraction of sp³-hybridized carbons (Fsp3) is 0.118. The van der Waals surface area contributed by atoms with Crippen molar-refractivity contribution in [1.82, 2.24) is 5.32 Å². The summed E-state index contributed by atoms with van der Waals surface area (Å²) in [5.41, 5.74) is 2.26. The molecule has 98 valence electrons. The second kappa shape index (κ2) is 5.87. The van der Waals surface area contributed by atoms with Crippen LogP contribution in [-0.4, -0.2) is 0 Å². The van der Waals surface area contributed by atoms with Crippen LogP contribution in [0.3, 0.4) is 0 Å². The Kier molecular flexibility index (Phi) is 3.78. The van der Waals surface area contributed by atoms with E-state index in [9.17, 15) is 5.26 Å². The molecule has 3 rings (SSSR count). The van der Waals surface area contributed by atoms with Gasteiger partial charge >= 0.3 is 0 Å². The largest absolute Gasteiger partial charge is 0.294 e. The molecule has 2 aromatic carbocycles. The van der Waals surface area contributed by atoms with Crippen LogP contribution in [-0.2, 0) is 6.54 Å². The average molecular weight is 278 g/mol. The van der Waals surface area contributed by atoms with Gasteiger partial charge in [-0.15, -0.1) is 11.3 Å². The highest BCUT2D eigenvalue weighted by Gasteiger charge is 2.14. The molecule has 1 N–H and O–H groups in total. The normalized spacial score (nSPS) is 12.2. The molecule has 0 amide bonds. The minimum atomic E-state index is -0.272. The summed E-state index contributed by atoms with van der Waals surface area (Å²) in [6.45, 7) is 0.698. The topological polar surface area (TPSA) is 35.8 Å². The van der Waals surface area contributed by atoms with Gasteiger partial charge in [0.1, 0.15) is 6.04 Å². The highest BCUT2D eigenvalue weighted by Crippen LogP contribution is 2.30. The van der Waals surface area contributed by atoms with Crippen molar-refractivity contribution in [3.05, 3.63) is 71.1 Å². The first-order valence-corrected chi connectivity index (χ1v) is 7.39. The van der Waals surface area contributed by atoms with Crippen molar-refractivity contribution in [3.8, 4) is 6.07 Å². The third-order valence-electron chi connectivity index (χ3n) is 3.30. The molecule has 0 saturated heterocycles. The number of hydrogen-bond acceptors (Lipinski definition) is 3. The number of thiophene rings is 1. The van der Waals surface area contributed by atoms with Crippen LogP contribution in [0.5, 0.6) is 0 Å². The fourth-order valence-corrected chi connectivity index (χ4v) is 3.25. The van der Waals surface area contributed by atoms with Gasteiger partial charge in [-0.3, -0.25) is 5.32 Å². The van der Waals surface area contributed by atoms with Crippen molar-refractivity contribution in [1.29, 1.82) is 5.26 Å². The predicted molar refractivity (Wildman–Crippen MR) is 83.5 cm³/mol. The highest BCUT2D eigenvalue weighted by atomic mass is 32.1. The van der Waals surface area contributed by atoms with E-state index >= 15 is 0 Å². The molecule has 3 aromatic rings. The lowest BCUT2D eigenvalue weighted by atomic mass is 10.1. The number of benzene rings is 2. The van der Waals surface area contributed by atoms with Crippen molar-refractivity contribution in [2.24, 2.45) is 0 Å². The molecule has 0 spiro atoms. The molecule has 0 aliphatic carbocycles. The lowest BCUT2D eigenvalue weighted by Gasteiger charge is -2.11. The van der Waals surface area contributed by atoms with E-state index in [0.29, 0.717) is 6.54 Å². The minimum Gasteiger partial charge on any atom is -0.294 e. The number of rotatable bonds is 4. The van der Waals surface area contributed by atoms with Crippen molar-refractivity contribution < 1.29 is 0 Å². The molecule has 1 unspecified atom stereocenters. The van der Waals surface area contributed by atoms with Crippen LogP contribution < -0.4 is 5.32 Å². The smallest absolute Gasteiger partial charge is 0.123 e. The van der Waals surface area contributed by atoms with Crippen LogP contribution in [0.25, 0.3) is 10.1 Å². The third kappa shape index (κ3) is 2.57. The Labute approximate surface area is 122 Å². The molecular formula is C17H14N2S. The number of nitrogens with one attached hydrogen (secondary N) is 1. The van der Waals surface area contributed by atoms with Gasteiger partial charge in [0.05, 0.1) is 6.07 Å². The van der Waals surface area contributed by atoms with Crippen LogP contribution in [0.1, 0.15) is 17.2 Å². The van der Waals surface area contributed by atoms with Gasteiger partial charge < -0.3 is 0 Å². The first kappa shape index (κ1) is 12.9. The maximum Gasteiger partial charge on any atom is 0.123 e. The van der Waals surface area contributed by atoms with E-state index in [0.717, 1.165) is 5.56 Å². The van der Waals surface area contributed by atoms with Gasteiger partial charge in [0.15, 0.2) is 0 Å². The number of nitriles is 1. The zero-order chi connectivity index (χ0) is 13.8. The lowest BCUT2D eigenvalue weighted by molar-refractivity contribution is 0.635. The molecule has 0 aliphatic rings. The Morgan fingerprint density at radius 2 is 1.80 bits per heavy atom. The SMILES string of the molecule is N#CC(NCc1ccccc1)c1csc2ccccc12. The van der Waals surface area contributed by atoms with E-state index < -0.39 is 0 Å². The molecule has 1 atom stereocenters. The van der Waals surface area contributed by atoms with Gasteiger partial charge in [0.2, 0.25) is 0 Å². The quantitative estimate of drug-likeness (QED) is 0.774. The lowest BCUT2D eigenvalue weighted by Crippen LogP contribution is -2.19. The summed E-state index contributed by atoms with van der Waals surface area (Å²) in [7, 11) is 0. The monoisotopic (exact) mass is 278 g/mol. The molecule has 0 fully saturated rings. The van der Waals surface area contributed by atoms with Crippen molar-refractivity contribution in [2.45, 2.75) is 12.6 Å². The Bertz CT molecular complexity index is 740. The van der Waals surface area contributed by atoms with Gasteiger partial charge in [0, 0.05) is 16.8 Å². The van der Waals surface area contributed by atoms with Gasteiger partial charge in [-0.1, -0.05) is 48.5 Å². The van der Waals surface area contributed by atoms with Crippen LogP contribution in [0, 0.1) is 11.3 Å². The highest BCUT2D eigenvalue weighted by molar-refractivity contribution is 7.17. The zero-order valence-corrected chi connectivity index (χ0v) is 11.7. The molecular weight excluding hydrogens is 264 g/mol. The van der Waals surface area contributed by atoms with Crippen LogP contribution >= 0.6 is 11.3 Å². The minimum absolute atomic E-state index is 0.272. The standard InChI is InChI=1S/C17H14N2S/c18-10-16(19-11-13-6-2-1-3-7-13)15-12-20-17-9-5-4-8-14(15)17/h1-9,12,16,19H,11H2. The summed E-state index contributed by atoms with van der Waals surface area (Å²) in [6.07, 6.45) is 0. The van der Waals surface area contributed by atoms with E-state index in [1.165, 1.54) is 15.6 Å². The van der Waals surface area contributed by atoms with Crippen molar-refractivity contribution >= 4 is 21.4 Å². The van der Waals surface area contributed by atoms with E-state index in [4.69, 9.17) is 0 Å². The molecule has 0 aliphatic heterocycles. The van der Waals surface area contributed by atoms with Crippen LogP contribution in [0.4, 0.5) is 0 Å². The predicted octanol–water partition coefficient (Wildman–Crippen LogP) is 4.26. The molecule has 20 heavy (non-hydrogen) atoms. The summed E-state index contributed by atoms with van der Waals surface area (Å²) >= 11 is 1.69. The van der Waals surface area contributed by atoms with Crippen molar-refractivity contribution in [3.63, 3.8) is 0 Å². The van der Waals surface area contributed by atoms with E-state index in [1.807, 2.05) is 30.3 Å². The van der Waals surface area contributed by atoms with E-state index in [2.05, 4.69) is 41.0 Å². The van der Waals surface area contributed by atoms with Crippen molar-refractivity contribution in [2.75, 3.05) is 0 Å². The fourth-order valence-electron chi connectivity index (χ4n) is 2.26. The maximum atomic E-state index is 9.43. The summed E-state index contributed by atoms with van der Waals surface area (Å²) in [4.78, 5) is 0. The number of fused-ring (bicyclic) bond motifs is 1. The molecule has 3 heteroatoms. The van der Waals surface area contributed by atoms with Gasteiger partial charge in [-0.05, 0) is 22.4 Å². The maximum absolute atomic E-state index is 9.43. The average Bonchev–Trinajstić information content (AvgIpc) is 2.93. The second-order valence-electron chi connectivity index (χ2n) is 4.62. The van der Waals surface area contributed by atoms with E-state index in [1.54, 1.807) is 11.3 Å². The molecule has 2 nitrogen and oxygen atoms in total. The Balaban J connectivity index is 1.82. The molecule has 0 bridgehead atoms. The van der Waals surface area contributed by atoms with E-state index in [-0.39, 0.29) is 6.04 Å². The van der Waals surface area contributed by atoms with Gasteiger partial charge in [-0.2, -0.15) is 5.26 Å². The second-order valence-corrected chi connectivity index (χ2v) is 5.53. The first-order valence-electron chi connectivity index (χ1n) is 6.51. The summed E-state index contributed by atoms with van der Waals surface area (Å²) < 4.78 is 1.23. The Hall–Kier alpha value is -2.15. The zero-order valence-electron chi connectivity index (χ0n) is 10.9. The number of hydrogen-bond donors (Lipinski definition) is 1. The Morgan fingerprint density at radius 1 is 1.05 bits per heavy atom. The van der Waals surface area contributed by atoms with Crippen LogP contribution in [0.2, 0.25) is 0 Å². The Morgan fingerprint density at radius 3 is 2.60 bits per heavy atom. The molecule has 1 heterocycles. The summed E-state index contributed by atoms with van der Waals surface area (Å²) in [6, 6.07) is 20.5. The summed E-state index contributed by atoms with van der Waals surface area (Å²) in [5.74, 6) is 0. The van der Waals surface area contributed by atoms with Gasteiger partial charge in [-0.25, -0.2) is 0 Å². The summed E-state index contributed by atoms with van der Waals surface area (Å²) in [5, 5.41) is 16.0. The molecule has 1 aromatic heterocycles. The van der Waals surface area contributed by atoms with Crippen LogP contribution in [0.15, 0.2) is 60.0 Å². The van der Waals surface area contributed by atoms with Gasteiger partial charge in [0.25, 0.3) is 0 Å².